The van der Waals surface area contributed by atoms with Crippen LogP contribution in [-0.4, -0.2) is 7.05 Å². The van der Waals surface area contributed by atoms with Crippen LogP contribution in [0, 0.1) is 40.4 Å². The first-order chi connectivity index (χ1) is 9.85. The van der Waals surface area contributed by atoms with Gasteiger partial charge in [0.15, 0.2) is 0 Å². The molecule has 0 aliphatic heterocycles. The second-order valence-electron chi connectivity index (χ2n) is 5.96. The lowest BCUT2D eigenvalue weighted by Gasteiger charge is -2.24. The maximum absolute atomic E-state index is 13.8. The Morgan fingerprint density at radius 3 is 1.90 bits per heavy atom. The van der Waals surface area contributed by atoms with E-state index in [4.69, 9.17) is 0 Å². The summed E-state index contributed by atoms with van der Waals surface area (Å²) in [6.45, 7) is 10.5. The Balaban J connectivity index is 2.67. The van der Waals surface area contributed by atoms with Gasteiger partial charge in [0, 0.05) is 0 Å². The predicted molar refractivity (Wildman–Crippen MR) is 87.4 cm³/mol. The number of benzene rings is 2. The molecule has 0 aliphatic carbocycles. The summed E-state index contributed by atoms with van der Waals surface area (Å²) in [5, 5.41) is 3.36. The highest BCUT2D eigenvalue weighted by Gasteiger charge is 2.19. The van der Waals surface area contributed by atoms with Gasteiger partial charge in [-0.25, -0.2) is 4.39 Å². The summed E-state index contributed by atoms with van der Waals surface area (Å²) < 4.78 is 13.8. The molecule has 0 amide bonds. The number of hydrogen-bond acceptors (Lipinski definition) is 1. The molecule has 0 fully saturated rings. The summed E-state index contributed by atoms with van der Waals surface area (Å²) in [5.74, 6) is -0.176. The molecular formula is C19H24FN. The Bertz CT molecular complexity index is 627. The van der Waals surface area contributed by atoms with E-state index in [0.717, 1.165) is 11.1 Å². The van der Waals surface area contributed by atoms with E-state index in [1.807, 2.05) is 14.0 Å². The van der Waals surface area contributed by atoms with E-state index in [1.54, 1.807) is 12.1 Å². The molecule has 1 N–H and O–H groups in total. The number of halogens is 1. The van der Waals surface area contributed by atoms with Crippen molar-refractivity contribution in [3.63, 3.8) is 0 Å². The average Bonchev–Trinajstić information content (AvgIpc) is 2.40. The zero-order valence-corrected chi connectivity index (χ0v) is 13.8. The predicted octanol–water partition coefficient (Wildman–Crippen LogP) is 4.68. The van der Waals surface area contributed by atoms with E-state index in [2.05, 4.69) is 45.1 Å². The molecule has 0 bridgehead atoms. The van der Waals surface area contributed by atoms with Crippen LogP contribution in [0.15, 0.2) is 24.3 Å². The maximum Gasteiger partial charge on any atom is 0.123 e. The monoisotopic (exact) mass is 285 g/mol. The summed E-state index contributed by atoms with van der Waals surface area (Å²) in [4.78, 5) is 0. The van der Waals surface area contributed by atoms with Gasteiger partial charge in [-0.3, -0.25) is 0 Å². The zero-order chi connectivity index (χ0) is 15.7. The van der Waals surface area contributed by atoms with Gasteiger partial charge in [0.05, 0.1) is 6.04 Å². The normalized spacial score (nSPS) is 12.5. The van der Waals surface area contributed by atoms with Crippen LogP contribution in [0.5, 0.6) is 0 Å². The van der Waals surface area contributed by atoms with Gasteiger partial charge in [-0.05, 0) is 92.7 Å². The van der Waals surface area contributed by atoms with E-state index >= 15 is 0 Å². The summed E-state index contributed by atoms with van der Waals surface area (Å²) in [5.41, 5.74) is 8.30. The standard InChI is InChI=1S/C19H24FN/c1-11-7-16(10-17(20)8-11)19(21-6)18-14(4)12(2)9-13(3)15(18)5/h7-10,19,21H,1-6H3. The lowest BCUT2D eigenvalue weighted by Crippen LogP contribution is -2.21. The van der Waals surface area contributed by atoms with Crippen molar-refractivity contribution in [2.45, 2.75) is 40.7 Å². The van der Waals surface area contributed by atoms with E-state index in [1.165, 1.54) is 27.8 Å². The second-order valence-corrected chi connectivity index (χ2v) is 5.96. The van der Waals surface area contributed by atoms with E-state index in [-0.39, 0.29) is 11.9 Å². The van der Waals surface area contributed by atoms with E-state index in [0.29, 0.717) is 0 Å². The molecular weight excluding hydrogens is 261 g/mol. The smallest absolute Gasteiger partial charge is 0.123 e. The topological polar surface area (TPSA) is 12.0 Å². The van der Waals surface area contributed by atoms with Gasteiger partial charge in [0.1, 0.15) is 5.82 Å². The van der Waals surface area contributed by atoms with Gasteiger partial charge >= 0.3 is 0 Å². The number of nitrogens with one attached hydrogen (secondary N) is 1. The lowest BCUT2D eigenvalue weighted by molar-refractivity contribution is 0.614. The third-order valence-electron chi connectivity index (χ3n) is 4.40. The third-order valence-corrected chi connectivity index (χ3v) is 4.40. The van der Waals surface area contributed by atoms with Gasteiger partial charge < -0.3 is 5.32 Å². The Morgan fingerprint density at radius 1 is 0.857 bits per heavy atom. The van der Waals surface area contributed by atoms with Gasteiger partial charge in [-0.1, -0.05) is 12.1 Å². The summed E-state index contributed by atoms with van der Waals surface area (Å²) in [7, 11) is 1.93. The quantitative estimate of drug-likeness (QED) is 0.863. The molecule has 21 heavy (non-hydrogen) atoms. The van der Waals surface area contributed by atoms with Gasteiger partial charge in [0.25, 0.3) is 0 Å². The van der Waals surface area contributed by atoms with Gasteiger partial charge in [-0.2, -0.15) is 0 Å². The molecule has 2 aromatic rings. The first-order valence-corrected chi connectivity index (χ1v) is 7.36. The molecule has 0 spiro atoms. The average molecular weight is 285 g/mol. The van der Waals surface area contributed by atoms with Gasteiger partial charge in [-0.15, -0.1) is 0 Å². The van der Waals surface area contributed by atoms with Crippen LogP contribution in [0.2, 0.25) is 0 Å². The molecule has 1 nitrogen and oxygen atoms in total. The van der Waals surface area contributed by atoms with Crippen LogP contribution in [0.1, 0.15) is 45.0 Å². The summed E-state index contributed by atoms with van der Waals surface area (Å²) in [6, 6.07) is 7.48. The summed E-state index contributed by atoms with van der Waals surface area (Å²) >= 11 is 0. The Kier molecular flexibility index (Phi) is 4.48. The first kappa shape index (κ1) is 15.7. The number of rotatable bonds is 3. The molecule has 112 valence electrons. The van der Waals surface area contributed by atoms with Gasteiger partial charge in [0.2, 0.25) is 0 Å². The van der Waals surface area contributed by atoms with Crippen LogP contribution >= 0.6 is 0 Å². The molecule has 2 heteroatoms. The van der Waals surface area contributed by atoms with Crippen LogP contribution in [-0.2, 0) is 0 Å². The lowest BCUT2D eigenvalue weighted by atomic mass is 9.86. The van der Waals surface area contributed by atoms with Crippen molar-refractivity contribution < 1.29 is 4.39 Å². The molecule has 0 radical (unpaired) electrons. The first-order valence-electron chi connectivity index (χ1n) is 7.36. The highest BCUT2D eigenvalue weighted by Crippen LogP contribution is 2.32. The highest BCUT2D eigenvalue weighted by atomic mass is 19.1. The Hall–Kier alpha value is -1.67. The molecule has 1 atom stereocenters. The maximum atomic E-state index is 13.8. The van der Waals surface area contributed by atoms with E-state index < -0.39 is 0 Å². The molecule has 1 unspecified atom stereocenters. The minimum Gasteiger partial charge on any atom is -0.309 e. The summed E-state index contributed by atoms with van der Waals surface area (Å²) in [6.07, 6.45) is 0. The van der Waals surface area contributed by atoms with Crippen molar-refractivity contribution in [3.8, 4) is 0 Å². The van der Waals surface area contributed by atoms with E-state index in [9.17, 15) is 4.39 Å². The highest BCUT2D eigenvalue weighted by molar-refractivity contribution is 5.49. The Morgan fingerprint density at radius 2 is 1.43 bits per heavy atom. The van der Waals surface area contributed by atoms with Crippen molar-refractivity contribution >= 4 is 0 Å². The molecule has 0 aliphatic rings. The molecule has 0 aromatic heterocycles. The van der Waals surface area contributed by atoms with Crippen LogP contribution in [0.4, 0.5) is 4.39 Å². The molecule has 0 heterocycles. The minimum atomic E-state index is -0.176. The molecule has 2 rings (SSSR count). The van der Waals surface area contributed by atoms with Crippen molar-refractivity contribution in [2.24, 2.45) is 0 Å². The third kappa shape index (κ3) is 3.01. The molecule has 0 saturated carbocycles. The largest absolute Gasteiger partial charge is 0.309 e. The second kappa shape index (κ2) is 5.98. The fourth-order valence-electron chi connectivity index (χ4n) is 3.09. The Labute approximate surface area is 127 Å². The number of hydrogen-bond donors (Lipinski definition) is 1. The van der Waals surface area contributed by atoms with Crippen LogP contribution in [0.25, 0.3) is 0 Å². The fourth-order valence-corrected chi connectivity index (χ4v) is 3.09. The van der Waals surface area contributed by atoms with Crippen molar-refractivity contribution in [1.82, 2.24) is 5.32 Å². The fraction of sp³-hybridized carbons (Fsp3) is 0.368. The van der Waals surface area contributed by atoms with Crippen molar-refractivity contribution in [1.29, 1.82) is 0 Å². The zero-order valence-electron chi connectivity index (χ0n) is 13.8. The van der Waals surface area contributed by atoms with Crippen LogP contribution in [0.3, 0.4) is 0 Å². The van der Waals surface area contributed by atoms with Crippen molar-refractivity contribution in [2.75, 3.05) is 7.05 Å². The molecule has 0 saturated heterocycles. The molecule has 2 aromatic carbocycles. The van der Waals surface area contributed by atoms with Crippen molar-refractivity contribution in [3.05, 3.63) is 69.0 Å². The SMILES string of the molecule is CNC(c1cc(C)cc(F)c1)c1c(C)c(C)cc(C)c1C. The number of aryl methyl sites for hydroxylation is 3. The minimum absolute atomic E-state index is 0.0120. The van der Waals surface area contributed by atoms with Crippen LogP contribution < -0.4 is 5.32 Å².